The summed E-state index contributed by atoms with van der Waals surface area (Å²) in [4.78, 5) is 43.4. The molecule has 5 aromatic rings. The molecule has 1 amide bonds. The first kappa shape index (κ1) is 38.2. The van der Waals surface area contributed by atoms with Gasteiger partial charge < -0.3 is 40.6 Å². The minimum atomic E-state index is -1.86. The topological polar surface area (TPSA) is 164 Å². The van der Waals surface area contributed by atoms with E-state index in [4.69, 9.17) is 4.74 Å². The summed E-state index contributed by atoms with van der Waals surface area (Å²) < 4.78 is 35.8. The van der Waals surface area contributed by atoms with E-state index in [0.29, 0.717) is 52.9 Å². The Balaban J connectivity index is 0.971. The van der Waals surface area contributed by atoms with E-state index in [-0.39, 0.29) is 54.2 Å². The number of carbonyl (C=O) groups is 2. The van der Waals surface area contributed by atoms with Gasteiger partial charge in [-0.3, -0.25) is 9.59 Å². The molecule has 15 heteroatoms. The van der Waals surface area contributed by atoms with Gasteiger partial charge in [0, 0.05) is 55.2 Å². The molecular weight excluding hydrogens is 727 g/mol. The predicted molar refractivity (Wildman–Crippen MR) is 199 cm³/mol. The molecule has 1 saturated carbocycles. The molecule has 6 N–H and O–H groups in total. The van der Waals surface area contributed by atoms with Crippen molar-refractivity contribution in [1.29, 1.82) is 0 Å². The Bertz CT molecular complexity index is 2070. The van der Waals surface area contributed by atoms with Crippen molar-refractivity contribution >= 4 is 51.1 Å². The molecule has 0 bridgehead atoms. The number of hydrogen-bond acceptors (Lipinski definition) is 11. The van der Waals surface area contributed by atoms with Gasteiger partial charge in [0.1, 0.15) is 17.7 Å². The zero-order chi connectivity index (χ0) is 37.7. The number of ether oxygens (including phenoxy) is 1. The molecule has 1 fully saturated rings. The van der Waals surface area contributed by atoms with Crippen molar-refractivity contribution in [2.75, 3.05) is 25.5 Å². The Hall–Kier alpha value is -4.51. The number of hydrogen-bond donors (Lipinski definition) is 6. The molecule has 1 aliphatic carbocycles. The molecule has 0 radical (unpaired) electrons. The van der Waals surface area contributed by atoms with E-state index in [2.05, 4.69) is 15.6 Å². The van der Waals surface area contributed by atoms with Crippen LogP contribution >= 0.6 is 22.7 Å². The molecule has 3 aromatic heterocycles. The minimum absolute atomic E-state index is 0.0294. The monoisotopic (exact) mass is 766 g/mol. The van der Waals surface area contributed by atoms with Crippen LogP contribution in [0.25, 0.3) is 10.9 Å². The molecule has 53 heavy (non-hydrogen) atoms. The highest BCUT2D eigenvalue weighted by Crippen LogP contribution is 2.38. The third kappa shape index (κ3) is 8.67. The Morgan fingerprint density at radius 3 is 2.40 bits per heavy atom. The largest absolute Gasteiger partial charge is 0.506 e. The SMILES string of the molecule is CN(CCC(=O)Nc1cc(F)cc(CNC[C@H](O)c2ccc(O)c3[nH]c(=O)ccc23)c1F)C1CCC(OC(=O)C(O)(c2cccs2)c2cccs2)CC1. The Labute approximate surface area is 311 Å². The normalized spacial score (nSPS) is 16.9. The lowest BCUT2D eigenvalue weighted by Gasteiger charge is -2.35. The van der Waals surface area contributed by atoms with Crippen LogP contribution in [0, 0.1) is 11.6 Å². The highest BCUT2D eigenvalue weighted by Gasteiger charge is 2.45. The van der Waals surface area contributed by atoms with Gasteiger partial charge in [0.25, 0.3) is 0 Å². The molecule has 11 nitrogen and oxygen atoms in total. The van der Waals surface area contributed by atoms with Crippen molar-refractivity contribution in [2.45, 2.75) is 62.5 Å². The van der Waals surface area contributed by atoms with Gasteiger partial charge in [0.05, 0.1) is 27.1 Å². The summed E-state index contributed by atoms with van der Waals surface area (Å²) in [5.41, 5.74) is -2.02. The number of fused-ring (bicyclic) bond motifs is 1. The van der Waals surface area contributed by atoms with Gasteiger partial charge in [-0.1, -0.05) is 18.2 Å². The van der Waals surface area contributed by atoms with Crippen LogP contribution < -0.4 is 16.2 Å². The third-order valence-corrected chi connectivity index (χ3v) is 11.5. The smallest absolute Gasteiger partial charge is 0.349 e. The number of aliphatic hydroxyl groups excluding tert-OH is 1. The van der Waals surface area contributed by atoms with Crippen molar-refractivity contribution in [3.63, 3.8) is 0 Å². The number of thiophene rings is 2. The summed E-state index contributed by atoms with van der Waals surface area (Å²) in [7, 11) is 1.89. The zero-order valence-electron chi connectivity index (χ0n) is 28.8. The van der Waals surface area contributed by atoms with Crippen LogP contribution in [0.5, 0.6) is 5.75 Å². The molecule has 280 valence electrons. The van der Waals surface area contributed by atoms with Gasteiger partial charge in [0.15, 0.2) is 5.82 Å². The second-order valence-electron chi connectivity index (χ2n) is 13.1. The van der Waals surface area contributed by atoms with Crippen LogP contribution in [-0.4, -0.2) is 69.4 Å². The number of nitrogens with zero attached hydrogens (tertiary/aromatic N) is 1. The number of carbonyl (C=O) groups excluding carboxylic acids is 2. The van der Waals surface area contributed by atoms with Gasteiger partial charge in [0.2, 0.25) is 17.1 Å². The summed E-state index contributed by atoms with van der Waals surface area (Å²) in [6, 6.07) is 14.7. The van der Waals surface area contributed by atoms with Gasteiger partial charge >= 0.3 is 5.97 Å². The number of aromatic amines is 1. The lowest BCUT2D eigenvalue weighted by Crippen LogP contribution is -2.42. The summed E-state index contributed by atoms with van der Waals surface area (Å²) in [6.45, 7) is 0.152. The number of esters is 1. The van der Waals surface area contributed by atoms with E-state index in [1.807, 2.05) is 11.9 Å². The molecule has 2 aromatic carbocycles. The number of rotatable bonds is 14. The number of pyridine rings is 1. The summed E-state index contributed by atoms with van der Waals surface area (Å²) >= 11 is 2.58. The van der Waals surface area contributed by atoms with Crippen LogP contribution in [0.15, 0.2) is 76.2 Å². The first-order chi connectivity index (χ1) is 25.4. The Kier molecular flexibility index (Phi) is 12.0. The highest BCUT2D eigenvalue weighted by atomic mass is 32.1. The fraction of sp³-hybridized carbons (Fsp3) is 0.342. The maximum atomic E-state index is 15.4. The molecule has 3 heterocycles. The first-order valence-corrected chi connectivity index (χ1v) is 18.9. The fourth-order valence-electron chi connectivity index (χ4n) is 6.67. The number of phenolic OH excluding ortho intramolecular Hbond substituents is 1. The van der Waals surface area contributed by atoms with E-state index < -0.39 is 40.8 Å². The second-order valence-corrected chi connectivity index (χ2v) is 15.0. The lowest BCUT2D eigenvalue weighted by atomic mass is 9.91. The molecule has 0 spiro atoms. The van der Waals surface area contributed by atoms with E-state index in [9.17, 15) is 34.1 Å². The molecule has 0 saturated heterocycles. The Morgan fingerprint density at radius 1 is 1.04 bits per heavy atom. The van der Waals surface area contributed by atoms with Crippen LogP contribution in [0.4, 0.5) is 14.5 Å². The average Bonchev–Trinajstić information content (AvgIpc) is 3.89. The number of phenols is 1. The summed E-state index contributed by atoms with van der Waals surface area (Å²) in [5, 5.41) is 41.8. The van der Waals surface area contributed by atoms with E-state index in [1.54, 1.807) is 35.0 Å². The molecule has 0 aliphatic heterocycles. The Morgan fingerprint density at radius 2 is 1.74 bits per heavy atom. The average molecular weight is 767 g/mol. The lowest BCUT2D eigenvalue weighted by molar-refractivity contribution is -0.169. The standard InChI is InChI=1S/C38H40F2N4O7S2/c1-44(24-6-8-25(9-7-24)51-37(49)38(50,31-4-2-16-52-31)32-5-3-17-53-32)15-14-34(48)42-28-19-23(39)18-22(35(28)40)20-41-21-30(46)26-10-12-29(45)36-27(26)11-13-33(47)43-36/h2-5,10-13,16-19,24-25,30,41,45-46,50H,6-9,14-15,20-21H2,1H3,(H,42,48)(H,43,47)/t24?,25?,30-/m0/s1. The predicted octanol–water partition coefficient (Wildman–Crippen LogP) is 5.51. The number of nitrogens with one attached hydrogen (secondary N) is 3. The third-order valence-electron chi connectivity index (χ3n) is 9.59. The first-order valence-electron chi connectivity index (χ1n) is 17.2. The van der Waals surface area contributed by atoms with Gasteiger partial charge in [-0.25, -0.2) is 13.6 Å². The van der Waals surface area contributed by atoms with E-state index in [1.165, 1.54) is 46.9 Å². The van der Waals surface area contributed by atoms with Crippen molar-refractivity contribution in [3.8, 4) is 5.75 Å². The maximum Gasteiger partial charge on any atom is 0.349 e. The number of halogens is 2. The molecular formula is C38H40F2N4O7S2. The number of anilines is 1. The number of benzene rings is 2. The molecule has 0 unspecified atom stereocenters. The number of aliphatic hydroxyl groups is 2. The number of amides is 1. The van der Waals surface area contributed by atoms with Crippen LogP contribution in [0.2, 0.25) is 0 Å². The fourth-order valence-corrected chi connectivity index (χ4v) is 8.39. The van der Waals surface area contributed by atoms with Gasteiger partial charge in [-0.2, -0.15) is 0 Å². The van der Waals surface area contributed by atoms with Crippen LogP contribution in [0.3, 0.4) is 0 Å². The molecule has 1 aliphatic rings. The van der Waals surface area contributed by atoms with E-state index in [0.717, 1.165) is 12.1 Å². The number of H-pyrrole nitrogens is 1. The summed E-state index contributed by atoms with van der Waals surface area (Å²) in [6.07, 6.45) is 1.16. The minimum Gasteiger partial charge on any atom is -0.506 e. The molecule has 1 atom stereocenters. The molecule has 6 rings (SSSR count). The van der Waals surface area contributed by atoms with Crippen molar-refractivity contribution in [2.24, 2.45) is 0 Å². The van der Waals surface area contributed by atoms with Gasteiger partial charge in [-0.15, -0.1) is 22.7 Å². The van der Waals surface area contributed by atoms with Crippen LogP contribution in [0.1, 0.15) is 59.1 Å². The quantitative estimate of drug-likeness (QED) is 0.0801. The van der Waals surface area contributed by atoms with Gasteiger partial charge in [-0.05, 0) is 79.4 Å². The number of aromatic nitrogens is 1. The van der Waals surface area contributed by atoms with Crippen molar-refractivity contribution < 1.29 is 38.4 Å². The van der Waals surface area contributed by atoms with E-state index >= 15 is 4.39 Å². The zero-order valence-corrected chi connectivity index (χ0v) is 30.4. The van der Waals surface area contributed by atoms with Crippen molar-refractivity contribution in [3.05, 3.63) is 114 Å². The summed E-state index contributed by atoms with van der Waals surface area (Å²) in [5.74, 6) is -2.88. The van der Waals surface area contributed by atoms with Crippen molar-refractivity contribution in [1.82, 2.24) is 15.2 Å². The highest BCUT2D eigenvalue weighted by molar-refractivity contribution is 7.12. The second kappa shape index (κ2) is 16.7. The van der Waals surface area contributed by atoms with Crippen LogP contribution in [-0.2, 0) is 26.5 Å². The maximum absolute atomic E-state index is 15.4. The number of aromatic hydroxyl groups is 1.